The zero-order valence-corrected chi connectivity index (χ0v) is 35.7. The fourth-order valence-electron chi connectivity index (χ4n) is 9.85. The Hall–Kier alpha value is -3.80. The van der Waals surface area contributed by atoms with Gasteiger partial charge < -0.3 is 41.5 Å². The average Bonchev–Trinajstić information content (AvgIpc) is 3.27. The lowest BCUT2D eigenvalue weighted by Crippen LogP contribution is -2.55. The van der Waals surface area contributed by atoms with Crippen molar-refractivity contribution in [3.05, 3.63) is 106 Å². The number of benzene rings is 2. The quantitative estimate of drug-likeness (QED) is 0.111. The number of urea groups is 1. The van der Waals surface area contributed by atoms with Crippen LogP contribution in [0.4, 0.5) is 4.79 Å². The third kappa shape index (κ3) is 12.9. The molecule has 0 saturated heterocycles. The van der Waals surface area contributed by atoms with Gasteiger partial charge in [0.25, 0.3) is 0 Å². The van der Waals surface area contributed by atoms with Crippen LogP contribution in [0.2, 0.25) is 0 Å². The fraction of sp³-hybridized carbons (Fsp3) is 0.592. The van der Waals surface area contributed by atoms with Crippen molar-refractivity contribution in [1.29, 1.82) is 0 Å². The van der Waals surface area contributed by atoms with E-state index >= 15 is 0 Å². The average molecular weight is 806 g/mol. The summed E-state index contributed by atoms with van der Waals surface area (Å²) in [5, 5.41) is 22.7. The number of allylic oxidation sites excluding steroid dienone is 2. The lowest BCUT2D eigenvalue weighted by Gasteiger charge is -2.40. The van der Waals surface area contributed by atoms with Crippen molar-refractivity contribution in [1.82, 2.24) is 36.8 Å². The molecule has 3 fully saturated rings. The van der Waals surface area contributed by atoms with Crippen molar-refractivity contribution in [2.45, 2.75) is 159 Å². The molecule has 2 aromatic carbocycles. The van der Waals surface area contributed by atoms with Crippen molar-refractivity contribution < 1.29 is 14.3 Å². The number of rotatable bonds is 4. The number of esters is 1. The monoisotopic (exact) mass is 806 g/mol. The van der Waals surface area contributed by atoms with Gasteiger partial charge in [0, 0.05) is 81.1 Å². The molecule has 10 rings (SSSR count). The summed E-state index contributed by atoms with van der Waals surface area (Å²) in [6, 6.07) is 19.8. The Morgan fingerprint density at radius 2 is 1.02 bits per heavy atom. The van der Waals surface area contributed by atoms with E-state index in [1.54, 1.807) is 6.92 Å². The van der Waals surface area contributed by atoms with Gasteiger partial charge >= 0.3 is 12.0 Å². The number of amides is 2. The van der Waals surface area contributed by atoms with Crippen LogP contribution in [0.25, 0.3) is 0 Å². The molecule has 6 unspecified atom stereocenters. The minimum absolute atomic E-state index is 0.0296. The van der Waals surface area contributed by atoms with Gasteiger partial charge in [-0.2, -0.15) is 0 Å². The molecule has 0 spiro atoms. The maximum absolute atomic E-state index is 14.0. The van der Waals surface area contributed by atoms with Crippen molar-refractivity contribution in [3.63, 3.8) is 0 Å². The zero-order valence-electron chi connectivity index (χ0n) is 35.7. The number of ether oxygens (including phenoxy) is 1. The number of hydrogen-bond donors (Lipinski definition) is 6. The van der Waals surface area contributed by atoms with Crippen molar-refractivity contribution in [3.8, 4) is 0 Å². The predicted molar refractivity (Wildman–Crippen MR) is 238 cm³/mol. The van der Waals surface area contributed by atoms with Gasteiger partial charge in [0.1, 0.15) is 6.61 Å². The highest BCUT2D eigenvalue weighted by molar-refractivity contribution is 5.86. The Morgan fingerprint density at radius 3 is 1.47 bits per heavy atom. The van der Waals surface area contributed by atoms with E-state index in [9.17, 15) is 9.59 Å². The molecule has 6 N–H and O–H groups in total. The van der Waals surface area contributed by atoms with E-state index in [4.69, 9.17) is 4.74 Å². The molecule has 2 amide bonds. The molecule has 4 aliphatic heterocycles. The van der Waals surface area contributed by atoms with Gasteiger partial charge in [-0.15, -0.1) is 0 Å². The van der Waals surface area contributed by atoms with Gasteiger partial charge in [0.05, 0.1) is 6.54 Å². The van der Waals surface area contributed by atoms with Crippen molar-refractivity contribution in [2.75, 3.05) is 26.2 Å². The van der Waals surface area contributed by atoms with Gasteiger partial charge in [0.2, 0.25) is 0 Å². The topological polar surface area (TPSA) is 119 Å². The number of fused-ring (bicyclic) bond motifs is 3. The lowest BCUT2D eigenvalue weighted by atomic mass is 9.88. The molecule has 3 saturated carbocycles. The summed E-state index contributed by atoms with van der Waals surface area (Å²) >= 11 is 0. The van der Waals surface area contributed by atoms with Gasteiger partial charge in [-0.1, -0.05) is 117 Å². The summed E-state index contributed by atoms with van der Waals surface area (Å²) in [7, 11) is 0. The minimum Gasteiger partial charge on any atom is -0.460 e. The predicted octanol–water partition coefficient (Wildman–Crippen LogP) is 7.06. The third-order valence-electron chi connectivity index (χ3n) is 13.5. The second-order valence-electron chi connectivity index (χ2n) is 17.9. The molecule has 6 atom stereocenters. The van der Waals surface area contributed by atoms with Crippen molar-refractivity contribution >= 4 is 12.0 Å². The van der Waals surface area contributed by atoms with Crippen LogP contribution in [0, 0.1) is 0 Å². The highest BCUT2D eigenvalue weighted by Crippen LogP contribution is 2.27. The molecular formula is C49H71N7O3. The van der Waals surface area contributed by atoms with Crippen LogP contribution in [0.3, 0.4) is 0 Å². The standard InChI is InChI=1S/C49H71N7O3/c1-35(2)48(57)59-28-27-50-49(58)56-34-41-25-23-40(24-26-41)32-54-45-12-6-5-11-44(45)52-30-37-17-15-36(16-18-37)29-51-42-9-3-4-10-43(42)53-31-38-19-21-39(22-20-38)33-55-46-13-7-8-14-47(46)56/h15,17,19-26,42-47,51-55H,1,3-14,16,18,27-34H2,2H3,(H,50,58). The maximum Gasteiger partial charge on any atom is 0.333 e. The molecular weight excluding hydrogens is 735 g/mol. The molecule has 4 heterocycles. The first-order valence-corrected chi connectivity index (χ1v) is 22.9. The van der Waals surface area contributed by atoms with Crippen LogP contribution in [-0.2, 0) is 35.7 Å². The van der Waals surface area contributed by atoms with Crippen molar-refractivity contribution in [2.24, 2.45) is 0 Å². The van der Waals surface area contributed by atoms with Gasteiger partial charge in [-0.25, -0.2) is 9.59 Å². The smallest absolute Gasteiger partial charge is 0.333 e. The first-order chi connectivity index (χ1) is 28.9. The maximum atomic E-state index is 14.0. The zero-order chi connectivity index (χ0) is 40.8. The molecule has 0 aromatic heterocycles. The Labute approximate surface area is 353 Å². The third-order valence-corrected chi connectivity index (χ3v) is 13.5. The molecule has 6 bridgehead atoms. The van der Waals surface area contributed by atoms with E-state index in [0.29, 0.717) is 36.3 Å². The van der Waals surface area contributed by atoms with Crippen LogP contribution >= 0.6 is 0 Å². The van der Waals surface area contributed by atoms with Crippen LogP contribution in [0.15, 0.2) is 84.0 Å². The fourth-order valence-corrected chi connectivity index (χ4v) is 9.85. The van der Waals surface area contributed by atoms with E-state index in [1.165, 1.54) is 79.2 Å². The second kappa shape index (κ2) is 22.2. The largest absolute Gasteiger partial charge is 0.460 e. The summed E-state index contributed by atoms with van der Waals surface area (Å²) in [6.07, 6.45) is 21.2. The first kappa shape index (κ1) is 43.3. The van der Waals surface area contributed by atoms with E-state index in [1.807, 2.05) is 4.90 Å². The molecule has 59 heavy (non-hydrogen) atoms. The molecule has 10 heteroatoms. The SMILES string of the molecule is C=C(C)C(=O)OCCNC(=O)N1Cc2ccc(cc2)CNC2CCCCC2NCC2=CC=C(CC2)CNC2CCCCC2NCc2ccc(cc2)CNC2CCCCC21. The highest BCUT2D eigenvalue weighted by Gasteiger charge is 2.33. The van der Waals surface area contributed by atoms with E-state index in [-0.39, 0.29) is 31.3 Å². The van der Waals surface area contributed by atoms with E-state index in [2.05, 4.69) is 99.2 Å². The Bertz CT molecular complexity index is 1740. The molecule has 2 aromatic rings. The van der Waals surface area contributed by atoms with Gasteiger partial charge in [0.15, 0.2) is 0 Å². The van der Waals surface area contributed by atoms with Crippen LogP contribution in [0.1, 0.15) is 119 Å². The van der Waals surface area contributed by atoms with Crippen LogP contribution < -0.4 is 31.9 Å². The highest BCUT2D eigenvalue weighted by atomic mass is 16.5. The van der Waals surface area contributed by atoms with E-state index in [0.717, 1.165) is 76.8 Å². The summed E-state index contributed by atoms with van der Waals surface area (Å²) < 4.78 is 5.29. The second-order valence-corrected chi connectivity index (χ2v) is 17.9. The molecule has 0 radical (unpaired) electrons. The van der Waals surface area contributed by atoms with E-state index < -0.39 is 5.97 Å². The van der Waals surface area contributed by atoms with Crippen LogP contribution in [-0.4, -0.2) is 79.4 Å². The number of hydrogen-bond acceptors (Lipinski definition) is 8. The number of nitrogens with one attached hydrogen (secondary N) is 6. The van der Waals surface area contributed by atoms with Gasteiger partial charge in [-0.05, 0) is 80.5 Å². The molecule has 8 aliphatic rings. The van der Waals surface area contributed by atoms with Gasteiger partial charge in [-0.3, -0.25) is 0 Å². The summed E-state index contributed by atoms with van der Waals surface area (Å²) in [6.45, 7) is 10.5. The molecule has 4 aliphatic carbocycles. The molecule has 320 valence electrons. The summed E-state index contributed by atoms with van der Waals surface area (Å²) in [5.41, 5.74) is 8.32. The Balaban J connectivity index is 1.07. The van der Waals surface area contributed by atoms with Crippen LogP contribution in [0.5, 0.6) is 0 Å². The Kier molecular flexibility index (Phi) is 16.3. The minimum atomic E-state index is -0.440. The molecule has 10 nitrogen and oxygen atoms in total. The summed E-state index contributed by atoms with van der Waals surface area (Å²) in [4.78, 5) is 28.0. The lowest BCUT2D eigenvalue weighted by molar-refractivity contribution is -0.138. The first-order valence-electron chi connectivity index (χ1n) is 22.9. The summed E-state index contributed by atoms with van der Waals surface area (Å²) in [5.74, 6) is -0.440. The number of nitrogens with zero attached hydrogens (tertiary/aromatic N) is 1. The number of carbonyl (C=O) groups is 2. The Morgan fingerprint density at radius 1 is 0.610 bits per heavy atom. The number of carbonyl (C=O) groups excluding carboxylic acids is 2. The normalized spacial score (nSPS) is 27.6.